The lowest BCUT2D eigenvalue weighted by molar-refractivity contribution is -0.156. The topological polar surface area (TPSA) is 240 Å². The molecule has 390 valence electrons. The van der Waals surface area contributed by atoms with Gasteiger partial charge in [0.25, 0.3) is 0 Å². The first-order valence-corrected chi connectivity index (χ1v) is 23.9. The molecule has 3 unspecified atom stereocenters. The predicted molar refractivity (Wildman–Crippen MR) is 266 cm³/mol. The number of ether oxygens (including phenoxy) is 6. The van der Waals surface area contributed by atoms with Crippen molar-refractivity contribution in [1.82, 2.24) is 15.1 Å². The number of hydrogen-bond donors (Lipinski definition) is 5. The lowest BCUT2D eigenvalue weighted by atomic mass is 9.75. The molecule has 4 atom stereocenters. The van der Waals surface area contributed by atoms with E-state index in [-0.39, 0.29) is 78.3 Å². The average Bonchev–Trinajstić information content (AvgIpc) is 3.40. The van der Waals surface area contributed by atoms with Crippen molar-refractivity contribution in [3.05, 3.63) is 112 Å². The summed E-state index contributed by atoms with van der Waals surface area (Å²) < 4.78 is 31.5. The molecule has 4 aromatic carbocycles. The molecule has 2 aliphatic heterocycles. The van der Waals surface area contributed by atoms with Gasteiger partial charge in [0.15, 0.2) is 24.5 Å². The second kappa shape index (κ2) is 26.3. The van der Waals surface area contributed by atoms with E-state index in [0.29, 0.717) is 12.2 Å². The quantitative estimate of drug-likeness (QED) is 0.0903. The fraction of sp³-hybridized carbons (Fsp3) is 0.463. The molecule has 2 aliphatic carbocycles. The summed E-state index contributed by atoms with van der Waals surface area (Å²) in [5.41, 5.74) is 1.97. The van der Waals surface area contributed by atoms with E-state index in [1.54, 1.807) is 34.1 Å². The fourth-order valence-corrected chi connectivity index (χ4v) is 8.65. The number of phenolic OH excluding ortho intramolecular Hbond substituents is 2. The van der Waals surface area contributed by atoms with Gasteiger partial charge < -0.3 is 58.6 Å². The molecule has 4 aromatic rings. The van der Waals surface area contributed by atoms with Gasteiger partial charge in [-0.2, -0.15) is 0 Å². The molecular formula is C54H69N3O15. The van der Waals surface area contributed by atoms with E-state index in [4.69, 9.17) is 38.6 Å². The highest BCUT2D eigenvalue weighted by molar-refractivity contribution is 6.31. The van der Waals surface area contributed by atoms with Crippen LogP contribution in [0.15, 0.2) is 72.8 Å². The van der Waals surface area contributed by atoms with Gasteiger partial charge in [0.1, 0.15) is 29.1 Å². The van der Waals surface area contributed by atoms with Crippen LogP contribution in [0.2, 0.25) is 0 Å². The predicted octanol–water partition coefficient (Wildman–Crippen LogP) is 6.38. The number of methoxy groups -OCH3 is 2. The number of nitrogens with one attached hydrogen (secondary N) is 1. The summed E-state index contributed by atoms with van der Waals surface area (Å²) in [7, 11) is 7.08. The molecule has 2 saturated heterocycles. The SMILES string of the molecule is CO.COC1COCCN1.COc1cccc2c1C(=O)c1c(O)c3c(c(O)c1C2=O)CC(C(=O)COC(=O)N(C)CCN(C)C(=O)OC(C)(C)c1ccc(-c2ccccc2)cc1)CC3.C[C@H]1CCCC(O)O1. The third kappa shape index (κ3) is 14.0. The maximum Gasteiger partial charge on any atom is 0.410 e. The Balaban J connectivity index is 0.000000449. The molecule has 2 fully saturated rings. The molecule has 2 amide bonds. The first-order valence-electron chi connectivity index (χ1n) is 23.9. The third-order valence-corrected chi connectivity index (χ3v) is 12.9. The summed E-state index contributed by atoms with van der Waals surface area (Å²) in [6.07, 6.45) is 1.92. The van der Waals surface area contributed by atoms with Crippen molar-refractivity contribution in [2.45, 2.75) is 83.5 Å². The number of Topliss-reactive ketones (excluding diaryl/α,β-unsaturated/α-hetero) is 1. The average molecular weight is 1000 g/mol. The van der Waals surface area contributed by atoms with Crippen LogP contribution >= 0.6 is 0 Å². The maximum absolute atomic E-state index is 13.5. The standard InChI is InChI=1S/C42H42N2O10.C6H12O2.C5H11NO2.CH4O/c1-42(2,27-17-14-25(15-18-27)24-10-7-6-8-11-24)54-41(51)44(4)21-20-43(3)40(50)53-23-31(45)26-16-19-28-30(22-26)38(48)34-35(36(28)46)39(49)33-29(37(34)47)12-9-13-32(33)52-5;1-5-3-2-4-6(7)8-5;1-7-5-4-8-3-2-6-5;1-2/h6-15,17-18,26,46,48H,16,19-23H2,1-5H3;5-7H,2-4H2,1H3;5-6H,2-4H2,1H3;2H,1H3/t;5-,6?;;/m.0../s1. The number of rotatable bonds is 11. The number of carbonyl (C=O) groups excluding carboxylic acids is 5. The molecule has 18 nitrogen and oxygen atoms in total. The first kappa shape index (κ1) is 56.5. The van der Waals surface area contributed by atoms with Crippen molar-refractivity contribution in [2.24, 2.45) is 5.92 Å². The van der Waals surface area contributed by atoms with Crippen molar-refractivity contribution in [1.29, 1.82) is 0 Å². The molecule has 0 bridgehead atoms. The lowest BCUT2D eigenvalue weighted by Gasteiger charge is -2.30. The molecule has 4 aliphatic rings. The highest BCUT2D eigenvalue weighted by Gasteiger charge is 2.41. The van der Waals surface area contributed by atoms with Crippen LogP contribution in [0.25, 0.3) is 11.1 Å². The minimum Gasteiger partial charge on any atom is -0.507 e. The molecule has 8 rings (SSSR count). The van der Waals surface area contributed by atoms with E-state index in [9.17, 15) is 34.2 Å². The van der Waals surface area contributed by atoms with E-state index in [2.05, 4.69) is 5.32 Å². The van der Waals surface area contributed by atoms with Gasteiger partial charge in [-0.3, -0.25) is 19.7 Å². The lowest BCUT2D eigenvalue weighted by Crippen LogP contribution is -2.42. The highest BCUT2D eigenvalue weighted by Crippen LogP contribution is 2.47. The van der Waals surface area contributed by atoms with E-state index in [1.165, 1.54) is 36.1 Å². The molecule has 5 N–H and O–H groups in total. The van der Waals surface area contributed by atoms with Gasteiger partial charge in [-0.25, -0.2) is 9.59 Å². The van der Waals surface area contributed by atoms with Gasteiger partial charge in [0, 0.05) is 70.6 Å². The molecule has 0 aromatic heterocycles. The maximum atomic E-state index is 13.5. The fourth-order valence-electron chi connectivity index (χ4n) is 8.65. The number of carbonyl (C=O) groups is 5. The molecule has 0 saturated carbocycles. The Bertz CT molecular complexity index is 2480. The largest absolute Gasteiger partial charge is 0.507 e. The number of benzene rings is 4. The van der Waals surface area contributed by atoms with Crippen LogP contribution < -0.4 is 10.1 Å². The van der Waals surface area contributed by atoms with Gasteiger partial charge in [-0.1, -0.05) is 66.7 Å². The molecular weight excluding hydrogens is 931 g/mol. The van der Waals surface area contributed by atoms with E-state index in [1.807, 2.05) is 61.5 Å². The van der Waals surface area contributed by atoms with Crippen molar-refractivity contribution in [3.63, 3.8) is 0 Å². The van der Waals surface area contributed by atoms with Crippen LogP contribution in [0.3, 0.4) is 0 Å². The summed E-state index contributed by atoms with van der Waals surface area (Å²) in [6, 6.07) is 22.3. The normalized spacial score (nSPS) is 18.9. The Kier molecular flexibility index (Phi) is 20.7. The van der Waals surface area contributed by atoms with Crippen molar-refractivity contribution < 1.29 is 72.8 Å². The number of ketones is 3. The zero-order valence-corrected chi connectivity index (χ0v) is 42.4. The number of hydrogen-bond acceptors (Lipinski definition) is 16. The Labute approximate surface area is 420 Å². The molecule has 0 radical (unpaired) electrons. The molecule has 72 heavy (non-hydrogen) atoms. The summed E-state index contributed by atoms with van der Waals surface area (Å²) >= 11 is 0. The minimum atomic E-state index is -0.924. The first-order chi connectivity index (χ1) is 34.4. The Morgan fingerprint density at radius 2 is 1.43 bits per heavy atom. The van der Waals surface area contributed by atoms with Crippen LogP contribution in [0.5, 0.6) is 17.2 Å². The van der Waals surface area contributed by atoms with Crippen LogP contribution in [0, 0.1) is 5.92 Å². The zero-order valence-electron chi connectivity index (χ0n) is 42.4. The van der Waals surface area contributed by atoms with Gasteiger partial charge in [0.2, 0.25) is 5.78 Å². The summed E-state index contributed by atoms with van der Waals surface area (Å²) in [4.78, 5) is 68.6. The Morgan fingerprint density at radius 1 is 0.792 bits per heavy atom. The van der Waals surface area contributed by atoms with E-state index in [0.717, 1.165) is 56.2 Å². The van der Waals surface area contributed by atoms with Crippen molar-refractivity contribution >= 4 is 29.5 Å². The molecule has 0 spiro atoms. The third-order valence-electron chi connectivity index (χ3n) is 12.9. The number of nitrogens with zero attached hydrogens (tertiary/aromatic N) is 2. The van der Waals surface area contributed by atoms with E-state index < -0.39 is 65.5 Å². The number of morpholine rings is 1. The van der Waals surface area contributed by atoms with Gasteiger partial charge >= 0.3 is 12.2 Å². The smallest absolute Gasteiger partial charge is 0.410 e. The second-order valence-electron chi connectivity index (χ2n) is 18.2. The van der Waals surface area contributed by atoms with E-state index >= 15 is 0 Å². The summed E-state index contributed by atoms with van der Waals surface area (Å²) in [6.45, 7) is 7.67. The zero-order chi connectivity index (χ0) is 52.7. The number of phenols is 2. The summed E-state index contributed by atoms with van der Waals surface area (Å²) in [5.74, 6) is -3.05. The second-order valence-corrected chi connectivity index (χ2v) is 18.2. The number of aromatic hydroxyl groups is 2. The number of aliphatic hydroxyl groups is 2. The number of aliphatic hydroxyl groups excluding tert-OH is 2. The van der Waals surface area contributed by atoms with Crippen molar-refractivity contribution in [2.75, 3.05) is 74.9 Å². The van der Waals surface area contributed by atoms with Crippen molar-refractivity contribution in [3.8, 4) is 28.4 Å². The Hall–Kier alpha value is -6.41. The van der Waals surface area contributed by atoms with Gasteiger partial charge in [-0.15, -0.1) is 0 Å². The molecule has 18 heteroatoms. The highest BCUT2D eigenvalue weighted by atomic mass is 16.6. The monoisotopic (exact) mass is 999 g/mol. The van der Waals surface area contributed by atoms with Crippen LogP contribution in [-0.2, 0) is 46.9 Å². The minimum absolute atomic E-state index is 0.0133. The van der Waals surface area contributed by atoms with Gasteiger partial charge in [-0.05, 0) is 82.1 Å². The van der Waals surface area contributed by atoms with Crippen LogP contribution in [0.1, 0.15) is 95.0 Å². The Morgan fingerprint density at radius 3 is 2.01 bits per heavy atom. The van der Waals surface area contributed by atoms with Crippen LogP contribution in [-0.4, -0.2) is 153 Å². The number of likely N-dealkylation sites (N-methyl/N-ethyl adjacent to an activating group) is 2. The van der Waals surface area contributed by atoms with Gasteiger partial charge in [0.05, 0.1) is 43.1 Å². The number of fused-ring (bicyclic) bond motifs is 3. The molecule has 2 heterocycles. The number of amides is 2. The summed E-state index contributed by atoms with van der Waals surface area (Å²) in [5, 5.41) is 41.5. The van der Waals surface area contributed by atoms with Crippen LogP contribution in [0.4, 0.5) is 9.59 Å².